The van der Waals surface area contributed by atoms with Gasteiger partial charge >= 0.3 is 5.97 Å². The van der Waals surface area contributed by atoms with Crippen LogP contribution in [-0.2, 0) is 32.0 Å². The molecule has 0 fully saturated rings. The highest BCUT2D eigenvalue weighted by Crippen LogP contribution is 2.06. The standard InChI is InChI=1S/C21H28N6O7/c22-14(9-28)18(30)25-15(6-12-4-2-1-3-5-12)19(31)26-16(7-13-8-23-11-24-13)20(32)27-17(10-29)21(33)34/h1-5,8,11,14-17,28-29H,6-7,9-10,22H2,(H,23,24)(H,25,30)(H,26,31)(H,27,32)(H,33,34). The molecule has 0 aliphatic carbocycles. The summed E-state index contributed by atoms with van der Waals surface area (Å²) in [5, 5.41) is 34.6. The van der Waals surface area contributed by atoms with Crippen molar-refractivity contribution in [2.24, 2.45) is 5.73 Å². The number of aliphatic hydroxyl groups excluding tert-OH is 2. The molecule has 4 atom stereocenters. The molecule has 0 radical (unpaired) electrons. The lowest BCUT2D eigenvalue weighted by Crippen LogP contribution is -2.58. The Hall–Kier alpha value is -3.81. The molecule has 0 aliphatic rings. The van der Waals surface area contributed by atoms with Gasteiger partial charge in [0.15, 0.2) is 0 Å². The van der Waals surface area contributed by atoms with Crippen LogP contribution < -0.4 is 21.7 Å². The third kappa shape index (κ3) is 7.95. The average molecular weight is 476 g/mol. The van der Waals surface area contributed by atoms with Crippen molar-refractivity contribution in [1.82, 2.24) is 25.9 Å². The number of amides is 3. The minimum Gasteiger partial charge on any atom is -0.480 e. The van der Waals surface area contributed by atoms with E-state index in [-0.39, 0.29) is 12.8 Å². The van der Waals surface area contributed by atoms with Crippen LogP contribution in [0.3, 0.4) is 0 Å². The summed E-state index contributed by atoms with van der Waals surface area (Å²) in [6, 6.07) is 3.52. The Morgan fingerprint density at radius 3 is 2.00 bits per heavy atom. The molecule has 184 valence electrons. The molecule has 13 nitrogen and oxygen atoms in total. The van der Waals surface area contributed by atoms with Crippen molar-refractivity contribution in [2.45, 2.75) is 37.0 Å². The molecule has 1 aromatic heterocycles. The molecule has 0 aliphatic heterocycles. The number of aliphatic carboxylic acids is 1. The number of aromatic nitrogens is 2. The van der Waals surface area contributed by atoms with Crippen LogP contribution in [0, 0.1) is 0 Å². The number of carboxylic acid groups (broad SMARTS) is 1. The summed E-state index contributed by atoms with van der Waals surface area (Å²) in [5.41, 5.74) is 6.73. The summed E-state index contributed by atoms with van der Waals surface area (Å²) in [6.07, 6.45) is 2.78. The van der Waals surface area contributed by atoms with E-state index in [2.05, 4.69) is 25.9 Å². The highest BCUT2D eigenvalue weighted by molar-refractivity contribution is 5.94. The van der Waals surface area contributed by atoms with E-state index in [1.165, 1.54) is 12.5 Å². The first-order chi connectivity index (χ1) is 16.2. The molecule has 34 heavy (non-hydrogen) atoms. The van der Waals surface area contributed by atoms with Crippen molar-refractivity contribution in [1.29, 1.82) is 0 Å². The Kier molecular flexibility index (Phi) is 10.1. The first kappa shape index (κ1) is 26.4. The lowest BCUT2D eigenvalue weighted by molar-refractivity contribution is -0.143. The number of nitrogens with zero attached hydrogens (tertiary/aromatic N) is 1. The van der Waals surface area contributed by atoms with Crippen LogP contribution in [0.1, 0.15) is 11.3 Å². The number of carboxylic acids is 1. The van der Waals surface area contributed by atoms with Crippen LogP contribution in [-0.4, -0.2) is 86.4 Å². The molecule has 0 bridgehead atoms. The number of hydrogen-bond donors (Lipinski definition) is 8. The second-order valence-corrected chi connectivity index (χ2v) is 7.46. The molecule has 0 spiro atoms. The van der Waals surface area contributed by atoms with E-state index in [1.807, 2.05) is 0 Å². The van der Waals surface area contributed by atoms with E-state index in [1.54, 1.807) is 30.3 Å². The van der Waals surface area contributed by atoms with Crippen LogP contribution in [0.15, 0.2) is 42.9 Å². The molecule has 2 rings (SSSR count). The van der Waals surface area contributed by atoms with E-state index in [0.717, 1.165) is 0 Å². The van der Waals surface area contributed by atoms with Gasteiger partial charge in [0.05, 0.1) is 19.5 Å². The maximum atomic E-state index is 13.1. The topological polar surface area (TPSA) is 220 Å². The highest BCUT2D eigenvalue weighted by atomic mass is 16.4. The summed E-state index contributed by atoms with van der Waals surface area (Å²) in [4.78, 5) is 56.0. The zero-order valence-corrected chi connectivity index (χ0v) is 18.2. The molecule has 0 saturated heterocycles. The summed E-state index contributed by atoms with van der Waals surface area (Å²) in [6.45, 7) is -1.48. The Balaban J connectivity index is 2.24. The normalized spacial score (nSPS) is 14.3. The number of benzene rings is 1. The van der Waals surface area contributed by atoms with Crippen LogP contribution in [0.4, 0.5) is 0 Å². The van der Waals surface area contributed by atoms with Gasteiger partial charge in [0, 0.05) is 24.7 Å². The van der Waals surface area contributed by atoms with Gasteiger partial charge in [0.2, 0.25) is 17.7 Å². The van der Waals surface area contributed by atoms with Crippen LogP contribution >= 0.6 is 0 Å². The maximum absolute atomic E-state index is 13.1. The Morgan fingerprint density at radius 2 is 1.47 bits per heavy atom. The monoisotopic (exact) mass is 476 g/mol. The third-order valence-electron chi connectivity index (χ3n) is 4.86. The third-order valence-corrected chi connectivity index (χ3v) is 4.86. The Bertz CT molecular complexity index is 954. The molecule has 2 aromatic rings. The number of nitrogens with one attached hydrogen (secondary N) is 4. The van der Waals surface area contributed by atoms with Crippen molar-refractivity contribution in [3.63, 3.8) is 0 Å². The van der Waals surface area contributed by atoms with Crippen LogP contribution in [0.2, 0.25) is 0 Å². The van der Waals surface area contributed by atoms with E-state index in [9.17, 15) is 24.3 Å². The number of imidazole rings is 1. The molecule has 1 heterocycles. The zero-order chi connectivity index (χ0) is 25.1. The Labute approximate surface area is 194 Å². The predicted molar refractivity (Wildman–Crippen MR) is 118 cm³/mol. The molecule has 9 N–H and O–H groups in total. The van der Waals surface area contributed by atoms with Gasteiger partial charge in [-0.15, -0.1) is 0 Å². The van der Waals surface area contributed by atoms with E-state index in [4.69, 9.17) is 15.9 Å². The fourth-order valence-corrected chi connectivity index (χ4v) is 2.98. The van der Waals surface area contributed by atoms with E-state index in [0.29, 0.717) is 11.3 Å². The minimum atomic E-state index is -1.57. The number of rotatable bonds is 13. The number of nitrogens with two attached hydrogens (primary N) is 1. The maximum Gasteiger partial charge on any atom is 0.328 e. The first-order valence-corrected chi connectivity index (χ1v) is 10.4. The summed E-state index contributed by atoms with van der Waals surface area (Å²) >= 11 is 0. The first-order valence-electron chi connectivity index (χ1n) is 10.4. The molecular formula is C21H28N6O7. The van der Waals surface area contributed by atoms with E-state index >= 15 is 0 Å². The Morgan fingerprint density at radius 1 is 0.882 bits per heavy atom. The van der Waals surface area contributed by atoms with Gasteiger partial charge in [0.25, 0.3) is 0 Å². The second-order valence-electron chi connectivity index (χ2n) is 7.46. The van der Waals surface area contributed by atoms with Gasteiger partial charge in [0.1, 0.15) is 24.2 Å². The van der Waals surface area contributed by atoms with Crippen molar-refractivity contribution >= 4 is 23.7 Å². The number of aromatic amines is 1. The lowest BCUT2D eigenvalue weighted by atomic mass is 10.0. The minimum absolute atomic E-state index is 0.0589. The largest absolute Gasteiger partial charge is 0.480 e. The molecule has 3 amide bonds. The number of aliphatic hydroxyl groups is 2. The van der Waals surface area contributed by atoms with Crippen molar-refractivity contribution in [3.05, 3.63) is 54.1 Å². The van der Waals surface area contributed by atoms with Crippen LogP contribution in [0.25, 0.3) is 0 Å². The van der Waals surface area contributed by atoms with Gasteiger partial charge in [-0.05, 0) is 5.56 Å². The molecule has 1 aromatic carbocycles. The number of carbonyl (C=O) groups is 4. The average Bonchev–Trinajstić information content (AvgIpc) is 3.34. The van der Waals surface area contributed by atoms with Gasteiger partial charge in [-0.2, -0.15) is 0 Å². The summed E-state index contributed by atoms with van der Waals surface area (Å²) in [5.74, 6) is -3.81. The van der Waals surface area contributed by atoms with Crippen LogP contribution in [0.5, 0.6) is 0 Å². The molecule has 4 unspecified atom stereocenters. The molecular weight excluding hydrogens is 448 g/mol. The smallest absolute Gasteiger partial charge is 0.328 e. The van der Waals surface area contributed by atoms with Gasteiger partial charge < -0.3 is 42.0 Å². The fraction of sp³-hybridized carbons (Fsp3) is 0.381. The summed E-state index contributed by atoms with van der Waals surface area (Å²) < 4.78 is 0. The lowest BCUT2D eigenvalue weighted by Gasteiger charge is -2.24. The van der Waals surface area contributed by atoms with Gasteiger partial charge in [-0.25, -0.2) is 9.78 Å². The second kappa shape index (κ2) is 13.0. The predicted octanol–water partition coefficient (Wildman–Crippen LogP) is -2.95. The number of hydrogen-bond acceptors (Lipinski definition) is 8. The van der Waals surface area contributed by atoms with Gasteiger partial charge in [-0.3, -0.25) is 14.4 Å². The summed E-state index contributed by atoms with van der Waals surface area (Å²) in [7, 11) is 0. The molecule has 0 saturated carbocycles. The van der Waals surface area contributed by atoms with Crippen molar-refractivity contribution < 1.29 is 34.5 Å². The van der Waals surface area contributed by atoms with Crippen molar-refractivity contribution in [3.8, 4) is 0 Å². The fourth-order valence-electron chi connectivity index (χ4n) is 2.98. The number of H-pyrrole nitrogens is 1. The molecule has 13 heteroatoms. The quantitative estimate of drug-likeness (QED) is 0.148. The highest BCUT2D eigenvalue weighted by Gasteiger charge is 2.30. The zero-order valence-electron chi connectivity index (χ0n) is 18.2. The SMILES string of the molecule is NC(CO)C(=O)NC(Cc1ccccc1)C(=O)NC(Cc1cnc[nH]1)C(=O)NC(CO)C(=O)O. The van der Waals surface area contributed by atoms with Gasteiger partial charge in [-0.1, -0.05) is 30.3 Å². The van der Waals surface area contributed by atoms with E-state index < -0.39 is 61.1 Å². The van der Waals surface area contributed by atoms with Crippen molar-refractivity contribution in [2.75, 3.05) is 13.2 Å². The number of carbonyl (C=O) groups excluding carboxylic acids is 3.